The second-order valence-electron chi connectivity index (χ2n) is 4.45. The molecule has 88 valence electrons. The van der Waals surface area contributed by atoms with Crippen molar-refractivity contribution in [1.82, 2.24) is 4.90 Å². The summed E-state index contributed by atoms with van der Waals surface area (Å²) >= 11 is 0. The number of benzene rings is 1. The molecule has 0 N–H and O–H groups in total. The van der Waals surface area contributed by atoms with Gasteiger partial charge < -0.3 is 9.64 Å². The van der Waals surface area contributed by atoms with Crippen molar-refractivity contribution in [2.75, 3.05) is 13.7 Å². The zero-order valence-electron chi connectivity index (χ0n) is 9.98. The molecule has 1 unspecified atom stereocenters. The highest BCUT2D eigenvalue weighted by Crippen LogP contribution is 2.30. The Hall–Kier alpha value is -1.02. The fourth-order valence-electron chi connectivity index (χ4n) is 2.39. The van der Waals surface area contributed by atoms with E-state index in [-0.39, 0.29) is 0 Å². The van der Waals surface area contributed by atoms with Crippen molar-refractivity contribution in [1.29, 1.82) is 0 Å². The molecule has 1 aromatic carbocycles. The Morgan fingerprint density at radius 2 is 2.19 bits per heavy atom. The molecule has 0 amide bonds. The van der Waals surface area contributed by atoms with E-state index in [0.717, 1.165) is 12.3 Å². The Bertz CT molecular complexity index is 337. The molecular weight excluding hydrogens is 198 g/mol. The fourth-order valence-corrected chi connectivity index (χ4v) is 2.39. The van der Waals surface area contributed by atoms with Gasteiger partial charge in [0.05, 0.1) is 7.11 Å². The molecule has 0 aromatic heterocycles. The van der Waals surface area contributed by atoms with E-state index >= 15 is 0 Å². The number of likely N-dealkylation sites (tertiary alicyclic amines) is 1. The molecule has 1 heterocycles. The van der Waals surface area contributed by atoms with Crippen LogP contribution in [0.25, 0.3) is 0 Å². The van der Waals surface area contributed by atoms with Crippen molar-refractivity contribution in [3.8, 4) is 5.75 Å². The van der Waals surface area contributed by atoms with Crippen molar-refractivity contribution < 1.29 is 4.74 Å². The third-order valence-electron chi connectivity index (χ3n) is 3.34. The van der Waals surface area contributed by atoms with E-state index in [9.17, 15) is 0 Å². The van der Waals surface area contributed by atoms with Crippen LogP contribution in [0.15, 0.2) is 24.3 Å². The molecule has 2 heteroatoms. The fraction of sp³-hybridized carbons (Fsp3) is 0.500. The van der Waals surface area contributed by atoms with Gasteiger partial charge in [-0.15, -0.1) is 0 Å². The third kappa shape index (κ3) is 2.56. The number of nitrogens with zero attached hydrogens (tertiary/aromatic N) is 1. The van der Waals surface area contributed by atoms with Crippen molar-refractivity contribution in [2.24, 2.45) is 0 Å². The average molecular weight is 218 g/mol. The van der Waals surface area contributed by atoms with Gasteiger partial charge in [-0.25, -0.2) is 0 Å². The van der Waals surface area contributed by atoms with Crippen molar-refractivity contribution >= 4 is 0 Å². The van der Waals surface area contributed by atoms with E-state index in [4.69, 9.17) is 4.74 Å². The number of hydrogen-bond donors (Lipinski definition) is 0. The molecule has 1 aliphatic heterocycles. The van der Waals surface area contributed by atoms with Gasteiger partial charge in [-0.05, 0) is 37.1 Å². The highest BCUT2D eigenvalue weighted by atomic mass is 16.5. The Balaban J connectivity index is 2.19. The summed E-state index contributed by atoms with van der Waals surface area (Å²) in [6, 6.07) is 8.82. The van der Waals surface area contributed by atoms with E-state index in [1.807, 2.05) is 6.07 Å². The van der Waals surface area contributed by atoms with Gasteiger partial charge in [0.25, 0.3) is 0 Å². The molecular formula is C14H20NO-. The molecule has 1 atom stereocenters. The maximum Gasteiger partial charge on any atom is 0.119 e. The molecule has 0 bridgehead atoms. The minimum absolute atomic E-state index is 0.456. The molecule has 2 nitrogen and oxygen atoms in total. The van der Waals surface area contributed by atoms with Gasteiger partial charge in [-0.3, -0.25) is 7.05 Å². The lowest BCUT2D eigenvalue weighted by atomic mass is 10.0. The van der Waals surface area contributed by atoms with Crippen LogP contribution >= 0.6 is 0 Å². The SMILES string of the molecule is [CH2-]N1CCCCCC1c1cccc(OC)c1. The van der Waals surface area contributed by atoms with Crippen molar-refractivity contribution in [3.63, 3.8) is 0 Å². The largest absolute Gasteiger partial charge is 0.497 e. The number of hydrogen-bond acceptors (Lipinski definition) is 2. The van der Waals surface area contributed by atoms with Crippen LogP contribution in [0.3, 0.4) is 0 Å². The van der Waals surface area contributed by atoms with E-state index in [2.05, 4.69) is 30.1 Å². The van der Waals surface area contributed by atoms with Crippen LogP contribution in [0.1, 0.15) is 37.3 Å². The molecule has 1 aromatic rings. The Labute approximate surface area is 98.2 Å². The molecule has 0 spiro atoms. The van der Waals surface area contributed by atoms with Crippen molar-refractivity contribution in [2.45, 2.75) is 31.7 Å². The summed E-state index contributed by atoms with van der Waals surface area (Å²) < 4.78 is 5.27. The predicted octanol–water partition coefficient (Wildman–Crippen LogP) is 3.40. The summed E-state index contributed by atoms with van der Waals surface area (Å²) in [4.78, 5) is 2.22. The van der Waals surface area contributed by atoms with Gasteiger partial charge in [0.1, 0.15) is 5.75 Å². The number of rotatable bonds is 2. The van der Waals surface area contributed by atoms with Gasteiger partial charge in [-0.1, -0.05) is 25.0 Å². The molecule has 2 rings (SSSR count). The lowest BCUT2D eigenvalue weighted by molar-refractivity contribution is 0.280. The molecule has 1 fully saturated rings. The highest BCUT2D eigenvalue weighted by molar-refractivity contribution is 5.30. The minimum atomic E-state index is 0.456. The zero-order chi connectivity index (χ0) is 11.4. The summed E-state index contributed by atoms with van der Waals surface area (Å²) in [6.45, 7) is 1.10. The summed E-state index contributed by atoms with van der Waals surface area (Å²) in [5, 5.41) is 0. The van der Waals surface area contributed by atoms with Gasteiger partial charge in [-0.2, -0.15) is 0 Å². The summed E-state index contributed by atoms with van der Waals surface area (Å²) in [7, 11) is 5.88. The Morgan fingerprint density at radius 1 is 1.31 bits per heavy atom. The first kappa shape index (κ1) is 11.5. The topological polar surface area (TPSA) is 12.5 Å². The molecule has 1 saturated heterocycles. The highest BCUT2D eigenvalue weighted by Gasteiger charge is 2.15. The average Bonchev–Trinajstić information content (AvgIpc) is 2.54. The quantitative estimate of drug-likeness (QED) is 0.705. The number of methoxy groups -OCH3 is 1. The Morgan fingerprint density at radius 3 is 3.00 bits per heavy atom. The maximum absolute atomic E-state index is 5.27. The Kier molecular flexibility index (Phi) is 3.83. The van der Waals surface area contributed by atoms with Crippen LogP contribution in [-0.4, -0.2) is 18.6 Å². The first-order chi connectivity index (χ1) is 7.81. The predicted molar refractivity (Wildman–Crippen MR) is 66.3 cm³/mol. The summed E-state index contributed by atoms with van der Waals surface area (Å²) in [5.41, 5.74) is 1.33. The summed E-state index contributed by atoms with van der Waals surface area (Å²) in [5.74, 6) is 0.940. The first-order valence-electron chi connectivity index (χ1n) is 6.02. The van der Waals surface area contributed by atoms with Gasteiger partial charge in [0.2, 0.25) is 0 Å². The maximum atomic E-state index is 5.27. The van der Waals surface area contributed by atoms with Gasteiger partial charge in [0, 0.05) is 6.04 Å². The lowest BCUT2D eigenvalue weighted by Gasteiger charge is -2.33. The monoisotopic (exact) mass is 218 g/mol. The molecule has 0 aliphatic carbocycles. The second-order valence-corrected chi connectivity index (χ2v) is 4.45. The minimum Gasteiger partial charge on any atom is -0.497 e. The van der Waals surface area contributed by atoms with Crippen LogP contribution in [-0.2, 0) is 0 Å². The molecule has 0 saturated carbocycles. The van der Waals surface area contributed by atoms with Gasteiger partial charge in [0.15, 0.2) is 0 Å². The van der Waals surface area contributed by atoms with E-state index in [1.54, 1.807) is 7.11 Å². The molecule has 0 radical (unpaired) electrons. The van der Waals surface area contributed by atoms with Crippen LogP contribution in [0.4, 0.5) is 0 Å². The van der Waals surface area contributed by atoms with Crippen molar-refractivity contribution in [3.05, 3.63) is 36.9 Å². The van der Waals surface area contributed by atoms with E-state index < -0.39 is 0 Å². The number of ether oxygens (including phenoxy) is 1. The molecule has 16 heavy (non-hydrogen) atoms. The normalized spacial score (nSPS) is 22.8. The smallest absolute Gasteiger partial charge is 0.119 e. The zero-order valence-corrected chi connectivity index (χ0v) is 9.98. The summed E-state index contributed by atoms with van der Waals surface area (Å²) in [6.07, 6.45) is 5.10. The molecule has 1 aliphatic rings. The van der Waals surface area contributed by atoms with Crippen LogP contribution in [0.2, 0.25) is 0 Å². The second kappa shape index (κ2) is 5.35. The van der Waals surface area contributed by atoms with E-state index in [0.29, 0.717) is 6.04 Å². The first-order valence-corrected chi connectivity index (χ1v) is 6.02. The standard InChI is InChI=1S/C14H20NO/c1-15-10-5-3-4-9-14(15)12-7-6-8-13(11-12)16-2/h6-8,11,14H,1,3-5,9-10H2,2H3/q-1. The van der Waals surface area contributed by atoms with Crippen LogP contribution in [0.5, 0.6) is 5.75 Å². The third-order valence-corrected chi connectivity index (χ3v) is 3.34. The van der Waals surface area contributed by atoms with Gasteiger partial charge >= 0.3 is 0 Å². The van der Waals surface area contributed by atoms with Crippen LogP contribution in [0, 0.1) is 7.05 Å². The van der Waals surface area contributed by atoms with Crippen LogP contribution < -0.4 is 4.74 Å². The lowest BCUT2D eigenvalue weighted by Crippen LogP contribution is -2.21. The van der Waals surface area contributed by atoms with E-state index in [1.165, 1.54) is 31.2 Å².